The number of methoxy groups -OCH3 is 1. The van der Waals surface area contributed by atoms with Gasteiger partial charge in [0.15, 0.2) is 0 Å². The number of halogens is 3. The summed E-state index contributed by atoms with van der Waals surface area (Å²) in [6, 6.07) is 12.8. The number of aromatic nitrogens is 1. The van der Waals surface area contributed by atoms with Crippen molar-refractivity contribution in [3.8, 4) is 17.0 Å². The molecule has 0 spiro atoms. The SMILES string of the molecule is COc1ccc2c(c1)[C@](C)(CSC(F)(F)F)C(=O)n1c-2c(C)c2ccccc21. The summed E-state index contributed by atoms with van der Waals surface area (Å²) in [5.74, 6) is -0.248. The van der Waals surface area contributed by atoms with Gasteiger partial charge in [-0.05, 0) is 61.0 Å². The van der Waals surface area contributed by atoms with Gasteiger partial charge in [0, 0.05) is 16.7 Å². The zero-order valence-electron chi connectivity index (χ0n) is 15.6. The van der Waals surface area contributed by atoms with E-state index in [1.165, 1.54) is 7.11 Å². The van der Waals surface area contributed by atoms with Crippen LogP contribution in [0.4, 0.5) is 13.2 Å². The van der Waals surface area contributed by atoms with Gasteiger partial charge >= 0.3 is 5.51 Å². The van der Waals surface area contributed by atoms with Crippen LogP contribution < -0.4 is 4.74 Å². The molecular weight excluding hydrogens is 387 g/mol. The summed E-state index contributed by atoms with van der Waals surface area (Å²) in [5, 5.41) is 0.917. The van der Waals surface area contributed by atoms with Crippen LogP contribution in [0.1, 0.15) is 22.8 Å². The maximum Gasteiger partial charge on any atom is 0.441 e. The molecule has 28 heavy (non-hydrogen) atoms. The molecule has 3 nitrogen and oxygen atoms in total. The molecule has 0 aliphatic carbocycles. The van der Waals surface area contributed by atoms with Crippen LogP contribution >= 0.6 is 11.8 Å². The molecule has 7 heteroatoms. The number of benzene rings is 2. The van der Waals surface area contributed by atoms with E-state index in [1.54, 1.807) is 23.6 Å². The third-order valence-electron chi connectivity index (χ3n) is 5.40. The Labute approximate surface area is 164 Å². The Morgan fingerprint density at radius 2 is 1.89 bits per heavy atom. The van der Waals surface area contributed by atoms with Crippen molar-refractivity contribution in [2.75, 3.05) is 12.9 Å². The van der Waals surface area contributed by atoms with E-state index < -0.39 is 16.7 Å². The highest BCUT2D eigenvalue weighted by atomic mass is 32.2. The molecule has 0 bridgehead atoms. The van der Waals surface area contributed by atoms with E-state index >= 15 is 0 Å². The van der Waals surface area contributed by atoms with Crippen molar-refractivity contribution in [2.45, 2.75) is 24.8 Å². The predicted octanol–water partition coefficient (Wildman–Crippen LogP) is 5.79. The normalized spacial score (nSPS) is 18.9. The molecule has 2 heterocycles. The fourth-order valence-corrected chi connectivity index (χ4v) is 4.71. The van der Waals surface area contributed by atoms with Gasteiger partial charge in [-0.1, -0.05) is 18.2 Å². The molecule has 0 fully saturated rings. The minimum absolute atomic E-state index is 0.168. The highest BCUT2D eigenvalue weighted by Crippen LogP contribution is 2.48. The van der Waals surface area contributed by atoms with Crippen LogP contribution in [0.3, 0.4) is 0 Å². The number of carbonyl (C=O) groups is 1. The lowest BCUT2D eigenvalue weighted by Crippen LogP contribution is -2.43. The molecule has 0 unspecified atom stereocenters. The standard InChI is InChI=1S/C21H18F3NO2S/c1-12-14-6-4-5-7-17(14)25-18(12)15-9-8-13(27-3)10-16(15)20(2,19(25)26)11-28-21(22,23)24/h4-10H,11H2,1-3H3/t20-/m0/s1. The monoisotopic (exact) mass is 405 g/mol. The molecule has 0 N–H and O–H groups in total. The smallest absolute Gasteiger partial charge is 0.441 e. The zero-order valence-corrected chi connectivity index (χ0v) is 16.4. The number of para-hydroxylation sites is 1. The quantitative estimate of drug-likeness (QED) is 0.553. The molecule has 0 radical (unpaired) electrons. The summed E-state index contributed by atoms with van der Waals surface area (Å²) in [4.78, 5) is 13.6. The topological polar surface area (TPSA) is 31.2 Å². The summed E-state index contributed by atoms with van der Waals surface area (Å²) in [6.45, 7) is 3.52. The van der Waals surface area contributed by atoms with Crippen LogP contribution in [0.25, 0.3) is 22.2 Å². The van der Waals surface area contributed by atoms with Crippen molar-refractivity contribution >= 4 is 28.6 Å². The van der Waals surface area contributed by atoms with E-state index in [-0.39, 0.29) is 17.7 Å². The number of rotatable bonds is 3. The number of hydrogen-bond acceptors (Lipinski definition) is 3. The van der Waals surface area contributed by atoms with Crippen LogP contribution in [0, 0.1) is 6.92 Å². The fourth-order valence-electron chi connectivity index (χ4n) is 3.98. The Morgan fingerprint density at radius 3 is 2.57 bits per heavy atom. The first-order valence-corrected chi connectivity index (χ1v) is 9.70. The van der Waals surface area contributed by atoms with Gasteiger partial charge in [-0.2, -0.15) is 13.2 Å². The van der Waals surface area contributed by atoms with E-state index in [0.29, 0.717) is 16.8 Å². The van der Waals surface area contributed by atoms with E-state index in [9.17, 15) is 18.0 Å². The van der Waals surface area contributed by atoms with Gasteiger partial charge in [0.25, 0.3) is 0 Å². The number of alkyl halides is 3. The Hall–Kier alpha value is -2.41. The maximum atomic E-state index is 13.6. The first-order valence-electron chi connectivity index (χ1n) is 8.72. The van der Waals surface area contributed by atoms with Crippen molar-refractivity contribution < 1.29 is 22.7 Å². The summed E-state index contributed by atoms with van der Waals surface area (Å²) < 4.78 is 45.9. The largest absolute Gasteiger partial charge is 0.497 e. The highest BCUT2D eigenvalue weighted by molar-refractivity contribution is 8.00. The van der Waals surface area contributed by atoms with Crippen LogP contribution in [0.15, 0.2) is 42.5 Å². The number of hydrogen-bond donors (Lipinski definition) is 0. The lowest BCUT2D eigenvalue weighted by molar-refractivity contribution is -0.0329. The van der Waals surface area contributed by atoms with Gasteiger partial charge in [-0.3, -0.25) is 9.36 Å². The number of thioether (sulfide) groups is 1. The third kappa shape index (κ3) is 2.71. The summed E-state index contributed by atoms with van der Waals surface area (Å²) in [7, 11) is 1.50. The zero-order chi connectivity index (χ0) is 20.3. The van der Waals surface area contributed by atoms with Gasteiger partial charge in [0.05, 0.1) is 23.7 Å². The first-order chi connectivity index (χ1) is 13.2. The summed E-state index contributed by atoms with van der Waals surface area (Å²) in [5.41, 5.74) is -2.06. The van der Waals surface area contributed by atoms with E-state index in [4.69, 9.17) is 4.74 Å². The Morgan fingerprint density at radius 1 is 1.18 bits per heavy atom. The Bertz CT molecular complexity index is 1100. The molecule has 2 aromatic carbocycles. The van der Waals surface area contributed by atoms with E-state index in [1.807, 2.05) is 37.3 Å². The molecule has 4 rings (SSSR count). The van der Waals surface area contributed by atoms with Crippen molar-refractivity contribution in [2.24, 2.45) is 0 Å². The molecule has 0 saturated heterocycles. The first kappa shape index (κ1) is 18.9. The average molecular weight is 405 g/mol. The number of aryl methyl sites for hydroxylation is 1. The number of fused-ring (bicyclic) bond motifs is 5. The van der Waals surface area contributed by atoms with Gasteiger partial charge in [0.2, 0.25) is 5.91 Å². The van der Waals surface area contributed by atoms with Gasteiger partial charge in [0.1, 0.15) is 5.75 Å². The molecule has 1 aliphatic rings. The number of carbonyl (C=O) groups excluding carboxylic acids is 1. The molecule has 0 amide bonds. The van der Waals surface area contributed by atoms with Gasteiger partial charge in [-0.25, -0.2) is 0 Å². The van der Waals surface area contributed by atoms with E-state index in [2.05, 4.69) is 0 Å². The van der Waals surface area contributed by atoms with E-state index in [0.717, 1.165) is 22.2 Å². The van der Waals surface area contributed by atoms with Crippen LogP contribution in [-0.4, -0.2) is 28.8 Å². The molecule has 1 atom stereocenters. The van der Waals surface area contributed by atoms with Crippen molar-refractivity contribution in [1.82, 2.24) is 4.57 Å². The molecule has 1 aromatic heterocycles. The number of ether oxygens (including phenoxy) is 1. The molecule has 0 saturated carbocycles. The maximum absolute atomic E-state index is 13.6. The fraction of sp³-hybridized carbons (Fsp3) is 0.286. The molecule has 146 valence electrons. The third-order valence-corrected chi connectivity index (χ3v) is 6.45. The Balaban J connectivity index is 2.03. The minimum Gasteiger partial charge on any atom is -0.497 e. The molecule has 1 aliphatic heterocycles. The van der Waals surface area contributed by atoms with Gasteiger partial charge in [-0.15, -0.1) is 0 Å². The highest BCUT2D eigenvalue weighted by Gasteiger charge is 2.47. The Kier molecular flexibility index (Phi) is 4.26. The lowest BCUT2D eigenvalue weighted by atomic mass is 9.77. The molecular formula is C21H18F3NO2S. The van der Waals surface area contributed by atoms with Crippen LogP contribution in [0.2, 0.25) is 0 Å². The second-order valence-corrected chi connectivity index (χ2v) is 8.15. The van der Waals surface area contributed by atoms with Crippen molar-refractivity contribution in [3.63, 3.8) is 0 Å². The predicted molar refractivity (Wildman–Crippen MR) is 105 cm³/mol. The lowest BCUT2D eigenvalue weighted by Gasteiger charge is -2.36. The second kappa shape index (κ2) is 6.30. The second-order valence-electron chi connectivity index (χ2n) is 7.11. The molecule has 3 aromatic rings. The number of nitrogens with zero attached hydrogens (tertiary/aromatic N) is 1. The summed E-state index contributed by atoms with van der Waals surface area (Å²) in [6.07, 6.45) is 0. The van der Waals surface area contributed by atoms with Crippen LogP contribution in [0.5, 0.6) is 5.75 Å². The van der Waals surface area contributed by atoms with Crippen LogP contribution in [-0.2, 0) is 5.41 Å². The van der Waals surface area contributed by atoms with Crippen molar-refractivity contribution in [1.29, 1.82) is 0 Å². The summed E-state index contributed by atoms with van der Waals surface area (Å²) >= 11 is -0.168. The minimum atomic E-state index is -4.42. The average Bonchev–Trinajstić information content (AvgIpc) is 2.97. The van der Waals surface area contributed by atoms with Gasteiger partial charge < -0.3 is 4.74 Å². The van der Waals surface area contributed by atoms with Crippen molar-refractivity contribution in [3.05, 3.63) is 53.6 Å².